The number of carbonyl (C=O) groups excluding carboxylic acids is 2. The molecule has 3 heterocycles. The number of ether oxygens (including phenoxy) is 1. The number of halogens is 2. The van der Waals surface area contributed by atoms with Crippen LogP contribution >= 0.6 is 0 Å². The zero-order valence-corrected chi connectivity index (χ0v) is 25.3. The van der Waals surface area contributed by atoms with E-state index in [1.54, 1.807) is 0 Å². The maximum Gasteiger partial charge on any atom is 0.335 e. The van der Waals surface area contributed by atoms with Crippen molar-refractivity contribution in [2.24, 2.45) is 7.05 Å². The molecule has 0 saturated heterocycles. The molecule has 0 spiro atoms. The maximum atomic E-state index is 15.1. The molecular weight excluding hydrogens is 642 g/mol. The van der Waals surface area contributed by atoms with Gasteiger partial charge in [0.15, 0.2) is 5.03 Å². The highest BCUT2D eigenvalue weighted by Crippen LogP contribution is 2.22. The predicted molar refractivity (Wildman–Crippen MR) is 161 cm³/mol. The number of methoxy groups -OCH3 is 1. The van der Waals surface area contributed by atoms with E-state index in [1.807, 2.05) is 4.72 Å². The van der Waals surface area contributed by atoms with E-state index in [4.69, 9.17) is 4.74 Å². The van der Waals surface area contributed by atoms with Crippen LogP contribution in [0.25, 0.3) is 11.4 Å². The van der Waals surface area contributed by atoms with Gasteiger partial charge >= 0.3 is 11.7 Å². The van der Waals surface area contributed by atoms with Crippen LogP contribution in [0.15, 0.2) is 94.3 Å². The van der Waals surface area contributed by atoms with Gasteiger partial charge in [-0.15, -0.1) is 0 Å². The average molecular weight is 667 g/mol. The van der Waals surface area contributed by atoms with E-state index in [0.29, 0.717) is 23.4 Å². The lowest BCUT2D eigenvalue weighted by molar-refractivity contribution is -0.142. The summed E-state index contributed by atoms with van der Waals surface area (Å²) in [4.78, 5) is 57.7. The number of benzene rings is 2. The maximum absolute atomic E-state index is 15.1. The lowest BCUT2D eigenvalue weighted by atomic mass is 10.0. The number of anilines is 1. The zero-order valence-electron chi connectivity index (χ0n) is 24.5. The monoisotopic (exact) mass is 666 g/mol. The summed E-state index contributed by atoms with van der Waals surface area (Å²) in [7, 11) is -1.86. The molecule has 47 heavy (non-hydrogen) atoms. The molecule has 0 aliphatic heterocycles. The topological polar surface area (TPSA) is 189 Å². The molecule has 2 N–H and O–H groups in total. The van der Waals surface area contributed by atoms with Crippen LogP contribution in [0.2, 0.25) is 0 Å². The summed E-state index contributed by atoms with van der Waals surface area (Å²) in [5.41, 5.74) is -1.65. The molecule has 18 heteroatoms. The highest BCUT2D eigenvalue weighted by atomic mass is 32.2. The first kappa shape index (κ1) is 32.4. The van der Waals surface area contributed by atoms with E-state index in [2.05, 4.69) is 20.4 Å². The Hall–Kier alpha value is -6.04. The van der Waals surface area contributed by atoms with Gasteiger partial charge in [0.1, 0.15) is 35.9 Å². The highest BCUT2D eigenvalue weighted by Gasteiger charge is 2.27. The molecule has 0 aliphatic carbocycles. The minimum atomic E-state index is -4.40. The number of nitrogens with zero attached hydrogens (tertiary/aromatic N) is 6. The molecule has 5 aromatic rings. The van der Waals surface area contributed by atoms with Crippen molar-refractivity contribution in [3.8, 4) is 11.4 Å². The smallest absolute Gasteiger partial charge is 0.335 e. The van der Waals surface area contributed by atoms with E-state index in [1.165, 1.54) is 77.7 Å². The number of nitrogens with one attached hydrogen (secondary N) is 2. The van der Waals surface area contributed by atoms with Crippen molar-refractivity contribution in [3.63, 3.8) is 0 Å². The summed E-state index contributed by atoms with van der Waals surface area (Å²) in [6.45, 7) is 0. The van der Waals surface area contributed by atoms with Gasteiger partial charge in [-0.05, 0) is 42.0 Å². The van der Waals surface area contributed by atoms with Gasteiger partial charge in [-0.1, -0.05) is 12.1 Å². The van der Waals surface area contributed by atoms with Crippen molar-refractivity contribution in [2.75, 3.05) is 11.8 Å². The normalized spacial score (nSPS) is 11.9. The molecule has 15 nitrogen and oxygen atoms in total. The van der Waals surface area contributed by atoms with Crippen molar-refractivity contribution in [1.82, 2.24) is 34.2 Å². The quantitative estimate of drug-likeness (QED) is 0.204. The molecule has 3 aromatic heterocycles. The Balaban J connectivity index is 1.31. The van der Waals surface area contributed by atoms with E-state index in [9.17, 15) is 27.6 Å². The fourth-order valence-electron chi connectivity index (χ4n) is 4.45. The van der Waals surface area contributed by atoms with Gasteiger partial charge in [-0.25, -0.2) is 37.6 Å². The fourth-order valence-corrected chi connectivity index (χ4v) is 5.42. The summed E-state index contributed by atoms with van der Waals surface area (Å²) in [6.07, 6.45) is 4.99. The number of rotatable bonds is 10. The summed E-state index contributed by atoms with van der Waals surface area (Å²) in [6, 6.07) is 9.44. The Kier molecular flexibility index (Phi) is 9.04. The number of carbonyl (C=O) groups is 2. The molecule has 0 radical (unpaired) electrons. The molecule has 0 aliphatic rings. The molecule has 5 rings (SSSR count). The van der Waals surface area contributed by atoms with Crippen LogP contribution in [0.3, 0.4) is 0 Å². The van der Waals surface area contributed by atoms with Gasteiger partial charge in [0, 0.05) is 25.7 Å². The Morgan fingerprint density at radius 3 is 2.28 bits per heavy atom. The predicted octanol–water partition coefficient (Wildman–Crippen LogP) is 1.11. The summed E-state index contributed by atoms with van der Waals surface area (Å²) < 4.78 is 66.0. The molecule has 0 saturated carbocycles. The van der Waals surface area contributed by atoms with Crippen molar-refractivity contribution in [3.05, 3.63) is 123 Å². The van der Waals surface area contributed by atoms with Gasteiger partial charge in [0.25, 0.3) is 21.5 Å². The third-order valence-electron chi connectivity index (χ3n) is 6.78. The number of hydrogen-bond donors (Lipinski definition) is 2. The van der Waals surface area contributed by atoms with E-state index in [0.717, 1.165) is 17.7 Å². The fraction of sp³-hybridized carbons (Fsp3) is 0.138. The Bertz CT molecular complexity index is 2160. The second-order valence-electron chi connectivity index (χ2n) is 9.92. The van der Waals surface area contributed by atoms with Gasteiger partial charge in [0.05, 0.1) is 30.4 Å². The Morgan fingerprint density at radius 1 is 1.00 bits per heavy atom. The van der Waals surface area contributed by atoms with Gasteiger partial charge < -0.3 is 14.6 Å². The third kappa shape index (κ3) is 6.96. The molecule has 1 atom stereocenters. The first-order valence-corrected chi connectivity index (χ1v) is 15.0. The number of aromatic nitrogens is 6. The first-order valence-electron chi connectivity index (χ1n) is 13.5. The number of hydrogen-bond acceptors (Lipinski definition) is 10. The second kappa shape index (κ2) is 13.1. The van der Waals surface area contributed by atoms with Crippen molar-refractivity contribution in [2.45, 2.75) is 17.5 Å². The standard InChI is InChI=1S/C29H24F2N8O7S/c1-37-10-9-25(40)39(29(37)43)19-5-3-17(4-6-19)11-23(28(42)46-2)35-27(41)26-21(30)12-18(13-22(26)31)36-47(44,45)24-8-7-20(14-33-24)38-16-32-15-34-38/h3-10,12-16,23,36H,11H2,1-2H3,(H,35,41)/t23-/m0/s1. The molecule has 2 aromatic carbocycles. The van der Waals surface area contributed by atoms with Crippen LogP contribution in [0.1, 0.15) is 15.9 Å². The summed E-state index contributed by atoms with van der Waals surface area (Å²) in [5.74, 6) is -5.08. The molecule has 0 fully saturated rings. The first-order chi connectivity index (χ1) is 22.4. The van der Waals surface area contributed by atoms with Gasteiger partial charge in [0.2, 0.25) is 0 Å². The van der Waals surface area contributed by atoms with Crippen LogP contribution in [-0.4, -0.2) is 62.3 Å². The molecular formula is C29H24F2N8O7S. The van der Waals surface area contributed by atoms with Crippen LogP contribution in [0.5, 0.6) is 0 Å². The number of aryl methyl sites for hydroxylation is 1. The van der Waals surface area contributed by atoms with Crippen molar-refractivity contribution < 1.29 is 31.5 Å². The molecule has 242 valence electrons. The van der Waals surface area contributed by atoms with Gasteiger partial charge in [-0.2, -0.15) is 13.5 Å². The Labute approximate surface area is 264 Å². The van der Waals surface area contributed by atoms with Crippen LogP contribution in [0.4, 0.5) is 14.5 Å². The number of esters is 1. The number of pyridine rings is 1. The van der Waals surface area contributed by atoms with Crippen LogP contribution in [-0.2, 0) is 33.0 Å². The lowest BCUT2D eigenvalue weighted by Crippen LogP contribution is -2.43. The minimum absolute atomic E-state index is 0.190. The van der Waals surface area contributed by atoms with Crippen molar-refractivity contribution in [1.29, 1.82) is 0 Å². The van der Waals surface area contributed by atoms with Gasteiger partial charge in [-0.3, -0.25) is 14.3 Å². The van der Waals surface area contributed by atoms with Crippen LogP contribution < -0.4 is 21.3 Å². The summed E-state index contributed by atoms with van der Waals surface area (Å²) in [5, 5.41) is 5.67. The Morgan fingerprint density at radius 2 is 1.68 bits per heavy atom. The molecule has 0 unspecified atom stereocenters. The average Bonchev–Trinajstić information content (AvgIpc) is 3.58. The lowest BCUT2D eigenvalue weighted by Gasteiger charge is -2.18. The zero-order chi connectivity index (χ0) is 33.9. The largest absolute Gasteiger partial charge is 0.467 e. The van der Waals surface area contributed by atoms with Crippen LogP contribution in [0, 0.1) is 11.6 Å². The highest BCUT2D eigenvalue weighted by molar-refractivity contribution is 7.92. The summed E-state index contributed by atoms with van der Waals surface area (Å²) >= 11 is 0. The molecule has 0 bridgehead atoms. The minimum Gasteiger partial charge on any atom is -0.467 e. The molecule has 1 amide bonds. The second-order valence-corrected chi connectivity index (χ2v) is 11.5. The number of amides is 1. The third-order valence-corrected chi connectivity index (χ3v) is 8.08. The number of sulfonamides is 1. The SMILES string of the molecule is COC(=O)[C@H](Cc1ccc(-n2c(=O)ccn(C)c2=O)cc1)NC(=O)c1c(F)cc(NS(=O)(=O)c2ccc(-n3cncn3)cn2)cc1F. The van der Waals surface area contributed by atoms with E-state index in [-0.39, 0.29) is 12.1 Å². The van der Waals surface area contributed by atoms with Crippen molar-refractivity contribution >= 4 is 27.6 Å². The van der Waals surface area contributed by atoms with E-state index < -0.39 is 67.1 Å². The van der Waals surface area contributed by atoms with E-state index >= 15 is 8.78 Å².